The van der Waals surface area contributed by atoms with E-state index in [0.29, 0.717) is 0 Å². The monoisotopic (exact) mass is 1330 g/mol. The summed E-state index contributed by atoms with van der Waals surface area (Å²) in [6, 6.07) is 6.29. The molecule has 96 heavy (non-hydrogen) atoms. The number of aliphatic hydroxyl groups excluding tert-OH is 4. The van der Waals surface area contributed by atoms with Crippen molar-refractivity contribution in [2.45, 2.75) is 202 Å². The largest absolute Gasteiger partial charge is 0.506 e. The molecule has 4 aromatic rings. The number of allylic oxidation sites excluding steroid dienone is 2. The van der Waals surface area contributed by atoms with E-state index in [9.17, 15) is 51.3 Å². The summed E-state index contributed by atoms with van der Waals surface area (Å²) < 4.78 is 68.0. The molecule has 8 aliphatic rings. The van der Waals surface area contributed by atoms with Crippen molar-refractivity contribution in [3.8, 4) is 11.5 Å². The molecular formula is C68H82N6O22. The summed E-state index contributed by atoms with van der Waals surface area (Å²) in [5, 5.41) is 69.3. The molecule has 4 saturated heterocycles. The number of hydrogen-bond acceptors (Lipinski definition) is 24. The van der Waals surface area contributed by atoms with Crippen molar-refractivity contribution in [2.75, 3.05) is 42.4 Å². The third-order valence-corrected chi connectivity index (χ3v) is 21.8. The van der Waals surface area contributed by atoms with Crippen LogP contribution in [0, 0.1) is 23.7 Å². The predicted octanol–water partition coefficient (Wildman–Crippen LogP) is 2.08. The van der Waals surface area contributed by atoms with Gasteiger partial charge in [0.15, 0.2) is 47.6 Å². The molecule has 0 radical (unpaired) electrons. The van der Waals surface area contributed by atoms with Gasteiger partial charge in [-0.25, -0.2) is 0 Å². The minimum Gasteiger partial charge on any atom is -0.506 e. The fraction of sp³-hybridized carbons (Fsp3) is 0.618. The number of rotatable bonds is 15. The van der Waals surface area contributed by atoms with Crippen LogP contribution in [-0.4, -0.2) is 237 Å². The summed E-state index contributed by atoms with van der Waals surface area (Å²) in [4.78, 5) is 106. The Bertz CT molecular complexity index is 4080. The molecule has 28 nitrogen and oxygen atoms in total. The number of methoxy groups -OCH3 is 2. The molecule has 4 aliphatic carbocycles. The van der Waals surface area contributed by atoms with Gasteiger partial charge in [0.25, 0.3) is 0 Å². The quantitative estimate of drug-likeness (QED) is 0.0563. The van der Waals surface area contributed by atoms with E-state index in [2.05, 4.69) is 9.58 Å². The third-order valence-electron chi connectivity index (χ3n) is 21.8. The normalized spacial score (nSPS) is 38.7. The molecule has 0 amide bonds. The van der Waals surface area contributed by atoms with Crippen LogP contribution in [0.2, 0.25) is 0 Å². The van der Waals surface area contributed by atoms with Crippen LogP contribution in [0.25, 0.3) is 32.6 Å². The number of carbonyl (C=O) groups is 4. The number of aromatic hydroxyl groups is 2. The highest BCUT2D eigenvalue weighted by molar-refractivity contribution is 6.40. The van der Waals surface area contributed by atoms with Crippen LogP contribution in [-0.2, 0) is 52.2 Å². The zero-order valence-electron chi connectivity index (χ0n) is 55.3. The van der Waals surface area contributed by atoms with Crippen molar-refractivity contribution in [1.82, 2.24) is 9.80 Å². The molecule has 6 N–H and O–H groups in total. The van der Waals surface area contributed by atoms with Gasteiger partial charge in [0.2, 0.25) is 5.78 Å². The van der Waals surface area contributed by atoms with Crippen molar-refractivity contribution in [3.63, 3.8) is 0 Å². The van der Waals surface area contributed by atoms with E-state index in [0.717, 1.165) is 12.1 Å². The molecule has 1 saturated carbocycles. The average molecular weight is 1340 g/mol. The maximum absolute atomic E-state index is 17.9. The second-order valence-corrected chi connectivity index (χ2v) is 27.2. The third kappa shape index (κ3) is 10.5. The summed E-state index contributed by atoms with van der Waals surface area (Å²) in [6.45, 7) is 9.61. The number of carbonyl (C=O) groups excluding carboxylic acids is 4. The number of nitrogens with zero attached hydrogens (tertiary/aromatic N) is 6. The summed E-state index contributed by atoms with van der Waals surface area (Å²) in [5.41, 5.74) is 13.5. The van der Waals surface area contributed by atoms with Crippen LogP contribution < -0.4 is 16.2 Å². The summed E-state index contributed by atoms with van der Waals surface area (Å²) in [7, 11) is 9.66. The van der Waals surface area contributed by atoms with E-state index in [1.165, 1.54) is 45.4 Å². The van der Waals surface area contributed by atoms with E-state index < -0.39 is 259 Å². The van der Waals surface area contributed by atoms with Gasteiger partial charge in [-0.05, 0) is 80.9 Å². The highest BCUT2D eigenvalue weighted by Gasteiger charge is 2.76. The first-order valence-corrected chi connectivity index (χ1v) is 32.6. The second-order valence-electron chi connectivity index (χ2n) is 27.2. The lowest BCUT2D eigenvalue weighted by molar-refractivity contribution is -0.357. The lowest BCUT2D eigenvalue weighted by Crippen LogP contribution is -2.73. The Morgan fingerprint density at radius 3 is 1.54 bits per heavy atom. The zero-order chi connectivity index (χ0) is 69.4. The highest BCUT2D eigenvalue weighted by atomic mass is 16.7. The second kappa shape index (κ2) is 25.9. The van der Waals surface area contributed by atoms with Gasteiger partial charge in [-0.15, -0.1) is 0 Å². The lowest BCUT2D eigenvalue weighted by Gasteiger charge is -2.59. The van der Waals surface area contributed by atoms with Crippen LogP contribution in [0.15, 0.2) is 57.1 Å². The Hall–Kier alpha value is -6.60. The van der Waals surface area contributed by atoms with E-state index in [-0.39, 0.29) is 36.8 Å². The number of Topliss-reactive ketones (excluding diaryl/α,β-unsaturated/α-hetero) is 4. The number of ketones is 4. The van der Waals surface area contributed by atoms with Gasteiger partial charge in [-0.1, -0.05) is 38.1 Å². The molecule has 4 aliphatic heterocycles. The highest BCUT2D eigenvalue weighted by Crippen LogP contribution is 2.63. The number of fused-ring (bicyclic) bond motifs is 7. The van der Waals surface area contributed by atoms with Crippen molar-refractivity contribution in [3.05, 3.63) is 107 Å². The van der Waals surface area contributed by atoms with E-state index in [1.807, 2.05) is 0 Å². The number of hydrogen-bond donors (Lipinski definition) is 6. The van der Waals surface area contributed by atoms with Crippen molar-refractivity contribution < 1.29 is 107 Å². The van der Waals surface area contributed by atoms with Gasteiger partial charge in [0.1, 0.15) is 69.8 Å². The maximum Gasteiger partial charge on any atom is 0.333 e. The fourth-order valence-electron chi connectivity index (χ4n) is 17.6. The van der Waals surface area contributed by atoms with Crippen LogP contribution in [0.3, 0.4) is 0 Å². The first kappa shape index (κ1) is 69.3. The Kier molecular flexibility index (Phi) is 18.7. The number of phenolic OH excluding ortho intramolecular Hbond substituents is 2. The standard InChI is InChI=1S/C68H82N6O22/c1-13-67(95-39-23-35(87-11)57(79)27(5)91-39)51(63(85)45-43-47(60(82)30-18-16-15-17-29(30)59(43)81)53(71-69)49(45)65(67)93-37-21-33(77)55(73(7)8)25(3)89-37)52-64(86)46-44-48(62(84)42-32(76)20-19-31(75)41(42)61(44)83)54(72-70)50(46)66(94-38-22-34(78)56(74(9)10)26(4)90-38)68(52,14-2)96-40-24-36(88-12)58(80)28(6)92-40/h15-20,25-28,33-40,45,49,51-52,55-58,65-66,77-80,83-84H,13-14,21-24H2,1-12H3/t25-,26+,27+,28+,33-,34+,35+,36+,37+,38-,39+,40+,45?,49?,51-,52-,55-,56+,57+,58+,65+,66+,67-,68-/m0/s1. The summed E-state index contributed by atoms with van der Waals surface area (Å²) in [5.74, 6) is -14.1. The smallest absolute Gasteiger partial charge is 0.333 e. The molecular weight excluding hydrogens is 1250 g/mol. The van der Waals surface area contributed by atoms with E-state index >= 15 is 19.2 Å². The Balaban J connectivity index is 1.22. The number of phenols is 2. The number of ether oxygens (including phenoxy) is 10. The van der Waals surface area contributed by atoms with Crippen molar-refractivity contribution in [2.24, 2.45) is 23.7 Å². The molecule has 28 heteroatoms. The molecule has 0 aromatic heterocycles. The van der Waals surface area contributed by atoms with Gasteiger partial charge in [0.05, 0.1) is 95.0 Å². The first-order chi connectivity index (χ1) is 45.6. The number of likely N-dealkylation sites (N-methyl/N-ethyl adjacent to an activating group) is 2. The molecule has 2 unspecified atom stereocenters. The molecule has 5 fully saturated rings. The van der Waals surface area contributed by atoms with Crippen LogP contribution in [0.4, 0.5) is 0 Å². The van der Waals surface area contributed by atoms with Crippen molar-refractivity contribution >= 4 is 50.4 Å². The Labute approximate surface area is 551 Å². The SMILES string of the molecule is CC[C@@]1(O[C@@H]2C[C@@H](OC)[C@H](O)[C@@H](C)O2)[C@H](O[C@H]2C[C@@H](O)[C@H](N(C)C)[C@@H](C)O2)c2c(c3c(O)c4c(=O)ccc(=O)c4c(O)c3c2=[N+]=[N-])C(=O)[C@@H]1[C@H]1C(=O)C2C3=C(C(=O)c4ccccc4C3=O)C(=[N+]=[N-])C2[C@@H](O[C@@H]2C[C@H](O)[C@@H](N(C)C)[C@H](C)O2)[C@@]1(CC)O[C@@H]1C[C@@H](OC)[C@H](O)[C@@H](C)O1. The Morgan fingerprint density at radius 1 is 0.594 bits per heavy atom. The number of aliphatic hydroxyl groups is 4. The van der Waals surface area contributed by atoms with Crippen LogP contribution in [0.5, 0.6) is 11.5 Å². The molecule has 0 spiro atoms. The van der Waals surface area contributed by atoms with Gasteiger partial charge in [-0.2, -0.15) is 9.58 Å². The van der Waals surface area contributed by atoms with Crippen LogP contribution >= 0.6 is 0 Å². The summed E-state index contributed by atoms with van der Waals surface area (Å²) >= 11 is 0. The lowest BCUT2D eigenvalue weighted by atomic mass is 9.52. The van der Waals surface area contributed by atoms with Gasteiger partial charge < -0.3 is 98.9 Å². The molecule has 4 heterocycles. The van der Waals surface area contributed by atoms with Gasteiger partial charge >= 0.3 is 11.1 Å². The molecule has 4 aromatic carbocycles. The summed E-state index contributed by atoms with van der Waals surface area (Å²) in [6.07, 6.45) is -23.0. The average Bonchev–Trinajstić information content (AvgIpc) is 1.41. The number of benzene rings is 3. The Morgan fingerprint density at radius 2 is 1.07 bits per heavy atom. The van der Waals surface area contributed by atoms with Gasteiger partial charge in [-0.3, -0.25) is 28.8 Å². The van der Waals surface area contributed by atoms with E-state index in [1.54, 1.807) is 72.6 Å². The molecule has 12 rings (SSSR count). The fourth-order valence-corrected chi connectivity index (χ4v) is 17.6. The molecule has 24 atom stereocenters. The molecule has 0 bridgehead atoms. The van der Waals surface area contributed by atoms with E-state index in [4.69, 9.17) is 47.4 Å². The maximum atomic E-state index is 17.9. The topological polar surface area (TPSA) is 395 Å². The minimum atomic E-state index is -2.58. The zero-order valence-corrected chi connectivity index (χ0v) is 55.3. The predicted molar refractivity (Wildman–Crippen MR) is 334 cm³/mol. The van der Waals surface area contributed by atoms with Crippen LogP contribution in [0.1, 0.15) is 123 Å². The van der Waals surface area contributed by atoms with Gasteiger partial charge in [0, 0.05) is 67.6 Å². The molecule has 516 valence electrons. The first-order valence-electron chi connectivity index (χ1n) is 32.6. The minimum absolute atomic E-state index is 0.0958. The van der Waals surface area contributed by atoms with Crippen molar-refractivity contribution in [1.29, 1.82) is 0 Å².